The van der Waals surface area contributed by atoms with Crippen molar-refractivity contribution in [3.8, 4) is 11.5 Å². The Hall–Kier alpha value is -2.94. The van der Waals surface area contributed by atoms with Crippen LogP contribution in [0.1, 0.15) is 28.3 Å². The lowest BCUT2D eigenvalue weighted by molar-refractivity contribution is 0.176. The molecule has 0 aliphatic carbocycles. The maximum absolute atomic E-state index is 13.4. The van der Waals surface area contributed by atoms with Crippen molar-refractivity contribution in [3.63, 3.8) is 0 Å². The number of fused-ring (bicyclic) bond motifs is 1. The summed E-state index contributed by atoms with van der Waals surface area (Å²) in [5.74, 6) is 0.954. The molecule has 0 bridgehead atoms. The standard InChI is InChI=1S/C26H29FN2O4S/c1-18-4-10-22(11-5-18)34(30,31)28-16-24-23-15-26(33-3)25(32-2)14-20(23)12-13-29(24)17-19-6-8-21(27)9-7-19/h4-11,14-15,24,28H,12-13,16-17H2,1-3H3/t24-/m1/s1. The van der Waals surface area contributed by atoms with Crippen LogP contribution in [0.25, 0.3) is 0 Å². The molecular formula is C26H29FN2O4S. The van der Waals surface area contributed by atoms with Crippen LogP contribution in [0.2, 0.25) is 0 Å². The van der Waals surface area contributed by atoms with E-state index in [0.717, 1.165) is 35.2 Å². The van der Waals surface area contributed by atoms with Crippen molar-refractivity contribution < 1.29 is 22.3 Å². The Morgan fingerprint density at radius 1 is 1.00 bits per heavy atom. The van der Waals surface area contributed by atoms with E-state index in [0.29, 0.717) is 18.0 Å². The van der Waals surface area contributed by atoms with Gasteiger partial charge in [-0.05, 0) is 66.4 Å². The van der Waals surface area contributed by atoms with E-state index in [1.54, 1.807) is 50.6 Å². The fraction of sp³-hybridized carbons (Fsp3) is 0.308. The van der Waals surface area contributed by atoms with Gasteiger partial charge in [-0.15, -0.1) is 0 Å². The molecule has 0 saturated carbocycles. The predicted octanol–water partition coefficient (Wildman–Crippen LogP) is 4.23. The van der Waals surface area contributed by atoms with Crippen LogP contribution in [-0.2, 0) is 23.0 Å². The summed E-state index contributed by atoms with van der Waals surface area (Å²) in [5.41, 5.74) is 4.02. The van der Waals surface area contributed by atoms with Crippen molar-refractivity contribution >= 4 is 10.0 Å². The molecule has 0 fully saturated rings. The molecule has 0 spiro atoms. The number of halogens is 1. The lowest BCUT2D eigenvalue weighted by Gasteiger charge is -2.38. The molecule has 0 saturated heterocycles. The second-order valence-corrected chi connectivity index (χ2v) is 10.2. The third-order valence-corrected chi connectivity index (χ3v) is 7.65. The van der Waals surface area contributed by atoms with Crippen LogP contribution < -0.4 is 14.2 Å². The summed E-state index contributed by atoms with van der Waals surface area (Å²) in [7, 11) is -0.511. The molecular weight excluding hydrogens is 455 g/mol. The van der Waals surface area contributed by atoms with Crippen LogP contribution in [0.5, 0.6) is 11.5 Å². The summed E-state index contributed by atoms with van der Waals surface area (Å²) in [6.45, 7) is 3.37. The first-order chi connectivity index (χ1) is 16.3. The van der Waals surface area contributed by atoms with E-state index in [1.165, 1.54) is 12.1 Å². The second-order valence-electron chi connectivity index (χ2n) is 8.43. The van der Waals surface area contributed by atoms with E-state index in [-0.39, 0.29) is 23.3 Å². The highest BCUT2D eigenvalue weighted by atomic mass is 32.2. The molecule has 0 amide bonds. The molecule has 6 nitrogen and oxygen atoms in total. The number of nitrogens with one attached hydrogen (secondary N) is 1. The van der Waals surface area contributed by atoms with Gasteiger partial charge < -0.3 is 9.47 Å². The van der Waals surface area contributed by atoms with E-state index in [1.807, 2.05) is 19.1 Å². The van der Waals surface area contributed by atoms with Crippen LogP contribution in [0, 0.1) is 12.7 Å². The number of rotatable bonds is 8. The van der Waals surface area contributed by atoms with E-state index >= 15 is 0 Å². The molecule has 34 heavy (non-hydrogen) atoms. The molecule has 0 unspecified atom stereocenters. The van der Waals surface area contributed by atoms with Gasteiger partial charge in [0.25, 0.3) is 0 Å². The molecule has 3 aromatic rings. The Bertz CT molecular complexity index is 1250. The maximum Gasteiger partial charge on any atom is 0.240 e. The Morgan fingerprint density at radius 3 is 2.29 bits per heavy atom. The average Bonchev–Trinajstić information content (AvgIpc) is 2.84. The molecule has 1 N–H and O–H groups in total. The van der Waals surface area contributed by atoms with Gasteiger partial charge in [0.2, 0.25) is 10.0 Å². The van der Waals surface area contributed by atoms with Crippen LogP contribution >= 0.6 is 0 Å². The number of methoxy groups -OCH3 is 2. The molecule has 1 atom stereocenters. The van der Waals surface area contributed by atoms with E-state index in [2.05, 4.69) is 9.62 Å². The summed E-state index contributed by atoms with van der Waals surface area (Å²) < 4.78 is 53.2. The molecule has 1 aliphatic heterocycles. The Kier molecular flexibility index (Phi) is 7.21. The fourth-order valence-electron chi connectivity index (χ4n) is 4.32. The number of sulfonamides is 1. The molecule has 3 aromatic carbocycles. The number of ether oxygens (including phenoxy) is 2. The van der Waals surface area contributed by atoms with Gasteiger partial charge in [-0.25, -0.2) is 17.5 Å². The van der Waals surface area contributed by atoms with Crippen molar-refractivity contribution in [1.82, 2.24) is 9.62 Å². The van der Waals surface area contributed by atoms with Gasteiger partial charge in [-0.3, -0.25) is 4.90 Å². The molecule has 1 aliphatic rings. The first-order valence-corrected chi connectivity index (χ1v) is 12.6. The van der Waals surface area contributed by atoms with E-state index < -0.39 is 10.0 Å². The normalized spacial score (nSPS) is 16.2. The quantitative estimate of drug-likeness (QED) is 0.518. The van der Waals surface area contributed by atoms with Gasteiger partial charge in [0.05, 0.1) is 19.1 Å². The fourth-order valence-corrected chi connectivity index (χ4v) is 5.36. The smallest absolute Gasteiger partial charge is 0.240 e. The van der Waals surface area contributed by atoms with Crippen LogP contribution in [-0.4, -0.2) is 40.6 Å². The zero-order chi connectivity index (χ0) is 24.3. The zero-order valence-electron chi connectivity index (χ0n) is 19.5. The minimum absolute atomic E-state index is 0.180. The summed E-state index contributed by atoms with van der Waals surface area (Å²) in [4.78, 5) is 2.44. The van der Waals surface area contributed by atoms with Crippen molar-refractivity contribution in [2.75, 3.05) is 27.3 Å². The average molecular weight is 485 g/mol. The summed E-state index contributed by atoms with van der Waals surface area (Å²) in [6.07, 6.45) is 0.776. The Labute approximate surface area is 200 Å². The topological polar surface area (TPSA) is 67.9 Å². The van der Waals surface area contributed by atoms with Crippen molar-refractivity contribution in [2.45, 2.75) is 30.8 Å². The van der Waals surface area contributed by atoms with Crippen molar-refractivity contribution in [3.05, 3.63) is 88.7 Å². The molecule has 1 heterocycles. The van der Waals surface area contributed by atoms with Crippen molar-refractivity contribution in [1.29, 1.82) is 0 Å². The zero-order valence-corrected chi connectivity index (χ0v) is 20.4. The summed E-state index contributed by atoms with van der Waals surface area (Å²) in [6, 6.07) is 16.8. The van der Waals surface area contributed by atoms with Gasteiger partial charge in [0.1, 0.15) is 5.82 Å². The van der Waals surface area contributed by atoms with Gasteiger partial charge in [-0.1, -0.05) is 29.8 Å². The third-order valence-electron chi connectivity index (χ3n) is 6.21. The second kappa shape index (κ2) is 10.1. The Balaban J connectivity index is 1.66. The maximum atomic E-state index is 13.4. The minimum Gasteiger partial charge on any atom is -0.493 e. The van der Waals surface area contributed by atoms with Gasteiger partial charge >= 0.3 is 0 Å². The largest absolute Gasteiger partial charge is 0.493 e. The summed E-state index contributed by atoms with van der Waals surface area (Å²) >= 11 is 0. The van der Waals surface area contributed by atoms with Gasteiger partial charge in [0.15, 0.2) is 11.5 Å². The lowest BCUT2D eigenvalue weighted by atomic mass is 9.91. The summed E-state index contributed by atoms with van der Waals surface area (Å²) in [5, 5.41) is 0. The molecule has 4 rings (SSSR count). The first kappa shape index (κ1) is 24.2. The molecule has 0 radical (unpaired) electrons. The van der Waals surface area contributed by atoms with E-state index in [4.69, 9.17) is 9.47 Å². The molecule has 180 valence electrons. The van der Waals surface area contributed by atoms with Crippen LogP contribution in [0.4, 0.5) is 4.39 Å². The number of nitrogens with zero attached hydrogens (tertiary/aromatic N) is 1. The lowest BCUT2D eigenvalue weighted by Crippen LogP contribution is -2.41. The molecule has 0 aromatic heterocycles. The highest BCUT2D eigenvalue weighted by molar-refractivity contribution is 7.89. The minimum atomic E-state index is -3.69. The predicted molar refractivity (Wildman–Crippen MR) is 129 cm³/mol. The Morgan fingerprint density at radius 2 is 1.65 bits per heavy atom. The van der Waals surface area contributed by atoms with E-state index in [9.17, 15) is 12.8 Å². The van der Waals surface area contributed by atoms with Gasteiger partial charge in [0, 0.05) is 25.7 Å². The highest BCUT2D eigenvalue weighted by Crippen LogP contribution is 2.38. The van der Waals surface area contributed by atoms with Crippen molar-refractivity contribution in [2.24, 2.45) is 0 Å². The first-order valence-electron chi connectivity index (χ1n) is 11.1. The highest BCUT2D eigenvalue weighted by Gasteiger charge is 2.30. The molecule has 8 heteroatoms. The monoisotopic (exact) mass is 484 g/mol. The van der Waals surface area contributed by atoms with Crippen LogP contribution in [0.3, 0.4) is 0 Å². The number of hydrogen-bond acceptors (Lipinski definition) is 5. The van der Waals surface area contributed by atoms with Gasteiger partial charge in [-0.2, -0.15) is 0 Å². The number of aryl methyl sites for hydroxylation is 1. The number of hydrogen-bond donors (Lipinski definition) is 1. The van der Waals surface area contributed by atoms with Crippen LogP contribution in [0.15, 0.2) is 65.6 Å². The SMILES string of the molecule is COc1cc2c(cc1OC)[C@@H](CNS(=O)(=O)c1ccc(C)cc1)N(Cc1ccc(F)cc1)CC2. The number of benzene rings is 3. The third kappa shape index (κ3) is 5.24.